The summed E-state index contributed by atoms with van der Waals surface area (Å²) in [6.45, 7) is 7.71. The smallest absolute Gasteiger partial charge is 0.0657 e. The second-order valence-corrected chi connectivity index (χ2v) is 8.63. The van der Waals surface area contributed by atoms with Gasteiger partial charge in [-0.3, -0.25) is 10.00 Å². The first kappa shape index (κ1) is 20.7. The summed E-state index contributed by atoms with van der Waals surface area (Å²) in [6.07, 6.45) is 6.50. The molecule has 0 amide bonds. The van der Waals surface area contributed by atoms with Gasteiger partial charge < -0.3 is 16.6 Å². The maximum absolute atomic E-state index is 4.28. The Morgan fingerprint density at radius 1 is 1.23 bits per heavy atom. The second-order valence-electron chi connectivity index (χ2n) is 8.63. The molecule has 2 aromatic carbocycles. The lowest BCUT2D eigenvalue weighted by Gasteiger charge is -2.34. The molecular weight excluding hydrogens is 370 g/mol. The number of hydrogen-bond donors (Lipinski definition) is 3. The van der Waals surface area contributed by atoms with Crippen molar-refractivity contribution in [2.45, 2.75) is 52.1 Å². The Kier molecular flexibility index (Phi) is 6.58. The highest BCUT2D eigenvalue weighted by molar-refractivity contribution is 5.85. The van der Waals surface area contributed by atoms with E-state index in [2.05, 4.69) is 76.0 Å². The van der Waals surface area contributed by atoms with Gasteiger partial charge in [-0.25, -0.2) is 0 Å². The molecule has 1 aliphatic heterocycles. The van der Waals surface area contributed by atoms with Gasteiger partial charge in [-0.15, -0.1) is 6.42 Å². The maximum Gasteiger partial charge on any atom is 0.0657 e. The highest BCUT2D eigenvalue weighted by atomic mass is 15.2. The molecule has 4 rings (SSSR count). The molecule has 0 saturated carbocycles. The SMILES string of the molecule is CC[C-](C)Cc1cc(NC2CCCN(Cc3cccc(NC)c3)C2)cc2cn[nH]c12. The molecule has 0 aliphatic carbocycles. The highest BCUT2D eigenvalue weighted by Gasteiger charge is 2.20. The van der Waals surface area contributed by atoms with Gasteiger partial charge in [0.2, 0.25) is 0 Å². The number of aromatic amines is 1. The molecule has 3 aromatic rings. The second kappa shape index (κ2) is 9.52. The summed E-state index contributed by atoms with van der Waals surface area (Å²) in [7, 11) is 1.98. The van der Waals surface area contributed by atoms with Gasteiger partial charge in [0.15, 0.2) is 0 Å². The first-order valence-corrected chi connectivity index (χ1v) is 11.2. The van der Waals surface area contributed by atoms with Gasteiger partial charge in [0, 0.05) is 42.9 Å². The van der Waals surface area contributed by atoms with Crippen LogP contribution in [0.4, 0.5) is 11.4 Å². The number of hydrogen-bond acceptors (Lipinski definition) is 4. The van der Waals surface area contributed by atoms with Crippen LogP contribution in [0.3, 0.4) is 0 Å². The number of benzene rings is 2. The lowest BCUT2D eigenvalue weighted by atomic mass is 9.96. The summed E-state index contributed by atoms with van der Waals surface area (Å²) >= 11 is 0. The molecule has 5 heteroatoms. The van der Waals surface area contributed by atoms with Crippen molar-refractivity contribution in [1.82, 2.24) is 15.1 Å². The Morgan fingerprint density at radius 3 is 2.97 bits per heavy atom. The number of anilines is 2. The summed E-state index contributed by atoms with van der Waals surface area (Å²) in [5.74, 6) is 1.50. The van der Waals surface area contributed by atoms with Crippen LogP contribution in [0, 0.1) is 5.92 Å². The van der Waals surface area contributed by atoms with Gasteiger partial charge in [0.05, 0.1) is 11.7 Å². The molecule has 2 heterocycles. The normalized spacial score (nSPS) is 17.5. The largest absolute Gasteiger partial charge is 0.388 e. The summed E-state index contributed by atoms with van der Waals surface area (Å²) in [6, 6.07) is 13.8. The fourth-order valence-corrected chi connectivity index (χ4v) is 4.44. The molecule has 1 aliphatic rings. The number of fused-ring (bicyclic) bond motifs is 1. The minimum Gasteiger partial charge on any atom is -0.388 e. The average molecular weight is 405 g/mol. The number of nitrogens with one attached hydrogen (secondary N) is 3. The zero-order chi connectivity index (χ0) is 20.9. The number of H-pyrrole nitrogens is 1. The van der Waals surface area contributed by atoms with Crippen molar-refractivity contribution in [2.75, 3.05) is 30.8 Å². The van der Waals surface area contributed by atoms with E-state index in [1.165, 1.54) is 58.7 Å². The number of piperidine rings is 1. The van der Waals surface area contributed by atoms with Crippen LogP contribution in [0.1, 0.15) is 44.2 Å². The van der Waals surface area contributed by atoms with E-state index in [-0.39, 0.29) is 0 Å². The number of likely N-dealkylation sites (tertiary alicyclic amines) is 1. The zero-order valence-electron chi connectivity index (χ0n) is 18.5. The Labute approximate surface area is 180 Å². The predicted octanol–water partition coefficient (Wildman–Crippen LogP) is 5.23. The van der Waals surface area contributed by atoms with E-state index in [1.807, 2.05) is 13.2 Å². The van der Waals surface area contributed by atoms with E-state index in [1.54, 1.807) is 0 Å². The van der Waals surface area contributed by atoms with Gasteiger partial charge in [0.25, 0.3) is 0 Å². The third-order valence-electron chi connectivity index (χ3n) is 6.22. The number of rotatable bonds is 8. The molecular formula is C25H34N5-. The Bertz CT molecular complexity index is 963. The van der Waals surface area contributed by atoms with E-state index in [9.17, 15) is 0 Å². The Balaban J connectivity index is 1.45. The van der Waals surface area contributed by atoms with Gasteiger partial charge in [0.1, 0.15) is 0 Å². The monoisotopic (exact) mass is 404 g/mol. The minimum atomic E-state index is 0.472. The van der Waals surface area contributed by atoms with Crippen LogP contribution in [0.2, 0.25) is 0 Å². The van der Waals surface area contributed by atoms with Gasteiger partial charge in [-0.05, 0) is 54.8 Å². The van der Waals surface area contributed by atoms with Crippen LogP contribution >= 0.6 is 0 Å². The molecule has 0 bridgehead atoms. The standard InChI is InChI=1S/C25H34N5/c1-4-18(2)11-20-13-24(14-21-15-27-29-25(20)21)28-23-9-6-10-30(17-23)16-19-7-5-8-22(12-19)26-3/h5,7-8,12-15,23,26,28H,4,6,9-11,16-17H2,1-3H3,(H,27,29)/q-1. The molecule has 3 N–H and O–H groups in total. The predicted molar refractivity (Wildman–Crippen MR) is 127 cm³/mol. The van der Waals surface area contributed by atoms with E-state index in [0.29, 0.717) is 6.04 Å². The van der Waals surface area contributed by atoms with Crippen molar-refractivity contribution in [1.29, 1.82) is 0 Å². The molecule has 160 valence electrons. The van der Waals surface area contributed by atoms with Crippen molar-refractivity contribution in [3.05, 3.63) is 59.6 Å². The topological polar surface area (TPSA) is 56.0 Å². The highest BCUT2D eigenvalue weighted by Crippen LogP contribution is 2.27. The van der Waals surface area contributed by atoms with Crippen molar-refractivity contribution in [3.8, 4) is 0 Å². The van der Waals surface area contributed by atoms with Crippen molar-refractivity contribution < 1.29 is 0 Å². The molecule has 0 spiro atoms. The van der Waals surface area contributed by atoms with Crippen LogP contribution in [0.25, 0.3) is 10.9 Å². The fourth-order valence-electron chi connectivity index (χ4n) is 4.44. The molecule has 5 nitrogen and oxygen atoms in total. The van der Waals surface area contributed by atoms with Crippen LogP contribution in [-0.2, 0) is 13.0 Å². The molecule has 30 heavy (non-hydrogen) atoms. The van der Waals surface area contributed by atoms with E-state index in [4.69, 9.17) is 0 Å². The minimum absolute atomic E-state index is 0.472. The van der Waals surface area contributed by atoms with Gasteiger partial charge in [-0.1, -0.05) is 19.1 Å². The fraction of sp³-hybridized carbons (Fsp3) is 0.440. The lowest BCUT2D eigenvalue weighted by Crippen LogP contribution is -2.41. The quantitative estimate of drug-likeness (QED) is 0.450. The van der Waals surface area contributed by atoms with Crippen LogP contribution < -0.4 is 10.6 Å². The van der Waals surface area contributed by atoms with Crippen molar-refractivity contribution >= 4 is 22.3 Å². The Morgan fingerprint density at radius 2 is 2.13 bits per heavy atom. The molecule has 1 fully saturated rings. The van der Waals surface area contributed by atoms with E-state index < -0.39 is 0 Å². The number of nitrogens with zero attached hydrogens (tertiary/aromatic N) is 2. The summed E-state index contributed by atoms with van der Waals surface area (Å²) < 4.78 is 0. The molecule has 1 unspecified atom stereocenters. The summed E-state index contributed by atoms with van der Waals surface area (Å²) in [4.78, 5) is 2.57. The van der Waals surface area contributed by atoms with Crippen LogP contribution in [-0.4, -0.2) is 41.3 Å². The molecule has 1 atom stereocenters. The Hall–Kier alpha value is -2.53. The number of aromatic nitrogens is 2. The molecule has 0 radical (unpaired) electrons. The summed E-state index contributed by atoms with van der Waals surface area (Å²) in [5.41, 5.74) is 6.27. The van der Waals surface area contributed by atoms with Gasteiger partial charge in [-0.2, -0.15) is 18.4 Å². The zero-order valence-corrected chi connectivity index (χ0v) is 18.5. The summed E-state index contributed by atoms with van der Waals surface area (Å²) in [5, 5.41) is 15.7. The van der Waals surface area contributed by atoms with Crippen molar-refractivity contribution in [2.24, 2.45) is 0 Å². The van der Waals surface area contributed by atoms with Crippen molar-refractivity contribution in [3.63, 3.8) is 0 Å². The third-order valence-corrected chi connectivity index (χ3v) is 6.22. The first-order chi connectivity index (χ1) is 14.6. The molecule has 1 saturated heterocycles. The first-order valence-electron chi connectivity index (χ1n) is 11.2. The third kappa shape index (κ3) is 4.96. The molecule has 1 aromatic heterocycles. The maximum atomic E-state index is 4.28. The lowest BCUT2D eigenvalue weighted by molar-refractivity contribution is 0.208. The van der Waals surface area contributed by atoms with E-state index >= 15 is 0 Å². The van der Waals surface area contributed by atoms with Gasteiger partial charge >= 0.3 is 0 Å². The van der Waals surface area contributed by atoms with Crippen LogP contribution in [0.5, 0.6) is 0 Å². The van der Waals surface area contributed by atoms with Crippen LogP contribution in [0.15, 0.2) is 42.6 Å². The van der Waals surface area contributed by atoms with E-state index in [0.717, 1.165) is 25.9 Å². The average Bonchev–Trinajstić information content (AvgIpc) is 3.23.